The lowest BCUT2D eigenvalue weighted by atomic mass is 10.00. The number of nitro groups is 1. The summed E-state index contributed by atoms with van der Waals surface area (Å²) in [5, 5.41) is 11.1. The van der Waals surface area contributed by atoms with Crippen molar-refractivity contribution in [2.24, 2.45) is 0 Å². The zero-order chi connectivity index (χ0) is 24.6. The molecular weight excluding hydrogens is 454 g/mol. The SMILES string of the molecule is O=[N+]([O-])c1ccccc1OCCCN1CCC(OC(c2ccc(F)cc2)c2ccc(F)cc2)CC1. The highest BCUT2D eigenvalue weighted by molar-refractivity contribution is 5.45. The summed E-state index contributed by atoms with van der Waals surface area (Å²) in [5.41, 5.74) is 1.63. The normalized spacial score (nSPS) is 14.8. The molecule has 1 saturated heterocycles. The number of piperidine rings is 1. The van der Waals surface area contributed by atoms with Crippen molar-refractivity contribution < 1.29 is 23.2 Å². The van der Waals surface area contributed by atoms with Gasteiger partial charge in [0, 0.05) is 25.7 Å². The van der Waals surface area contributed by atoms with Crippen LogP contribution in [0.15, 0.2) is 72.8 Å². The minimum Gasteiger partial charge on any atom is -0.487 e. The van der Waals surface area contributed by atoms with E-state index >= 15 is 0 Å². The maximum atomic E-state index is 13.5. The highest BCUT2D eigenvalue weighted by atomic mass is 19.1. The van der Waals surface area contributed by atoms with Crippen LogP contribution >= 0.6 is 0 Å². The summed E-state index contributed by atoms with van der Waals surface area (Å²) in [6.45, 7) is 2.94. The number of nitrogens with zero attached hydrogens (tertiary/aromatic N) is 2. The van der Waals surface area contributed by atoms with Crippen molar-refractivity contribution in [3.05, 3.63) is 106 Å². The lowest BCUT2D eigenvalue weighted by Crippen LogP contribution is -2.38. The van der Waals surface area contributed by atoms with E-state index in [1.165, 1.54) is 30.3 Å². The number of hydrogen-bond donors (Lipinski definition) is 0. The summed E-state index contributed by atoms with van der Waals surface area (Å²) < 4.78 is 39.0. The van der Waals surface area contributed by atoms with Gasteiger partial charge >= 0.3 is 5.69 Å². The van der Waals surface area contributed by atoms with Gasteiger partial charge in [0.15, 0.2) is 5.75 Å². The van der Waals surface area contributed by atoms with Gasteiger partial charge < -0.3 is 14.4 Å². The van der Waals surface area contributed by atoms with Crippen molar-refractivity contribution in [2.75, 3.05) is 26.2 Å². The van der Waals surface area contributed by atoms with Gasteiger partial charge in [0.1, 0.15) is 17.7 Å². The van der Waals surface area contributed by atoms with Gasteiger partial charge in [0.05, 0.1) is 17.6 Å². The van der Waals surface area contributed by atoms with Crippen LogP contribution < -0.4 is 4.74 Å². The number of para-hydroxylation sites is 2. The first-order chi connectivity index (χ1) is 17.0. The first-order valence-electron chi connectivity index (χ1n) is 11.7. The molecule has 1 fully saturated rings. The number of ether oxygens (including phenoxy) is 2. The van der Waals surface area contributed by atoms with Gasteiger partial charge in [-0.15, -0.1) is 0 Å². The molecule has 0 aliphatic carbocycles. The minimum absolute atomic E-state index is 0.0228. The Balaban J connectivity index is 1.27. The molecule has 0 aromatic heterocycles. The van der Waals surface area contributed by atoms with Crippen LogP contribution in [-0.2, 0) is 4.74 Å². The van der Waals surface area contributed by atoms with Crippen LogP contribution in [0.5, 0.6) is 5.75 Å². The molecule has 0 radical (unpaired) electrons. The van der Waals surface area contributed by atoms with E-state index in [0.29, 0.717) is 6.61 Å². The molecule has 6 nitrogen and oxygen atoms in total. The summed E-state index contributed by atoms with van der Waals surface area (Å²) >= 11 is 0. The summed E-state index contributed by atoms with van der Waals surface area (Å²) in [6.07, 6.45) is 2.05. The Labute approximate surface area is 203 Å². The van der Waals surface area contributed by atoms with Gasteiger partial charge in [-0.3, -0.25) is 10.1 Å². The van der Waals surface area contributed by atoms with Gasteiger partial charge in [-0.25, -0.2) is 8.78 Å². The standard InChI is InChI=1S/C27H28F2N2O4/c28-22-10-6-20(7-11-22)27(21-8-12-23(29)13-9-21)35-24-14-17-30(18-15-24)16-3-19-34-26-5-2-1-4-25(26)31(32)33/h1-2,4-13,24,27H,3,14-19H2. The van der Waals surface area contributed by atoms with Gasteiger partial charge in [-0.2, -0.15) is 0 Å². The van der Waals surface area contributed by atoms with Crippen LogP contribution in [0.3, 0.4) is 0 Å². The van der Waals surface area contributed by atoms with Crippen LogP contribution in [0.1, 0.15) is 36.5 Å². The second-order valence-electron chi connectivity index (χ2n) is 8.59. The lowest BCUT2D eigenvalue weighted by molar-refractivity contribution is -0.385. The molecule has 184 valence electrons. The summed E-state index contributed by atoms with van der Waals surface area (Å²) in [5.74, 6) is -0.339. The van der Waals surface area contributed by atoms with Gasteiger partial charge in [-0.05, 0) is 60.7 Å². The van der Waals surface area contributed by atoms with Crippen molar-refractivity contribution in [3.63, 3.8) is 0 Å². The Hall–Kier alpha value is -3.36. The number of rotatable bonds is 10. The number of benzene rings is 3. The molecule has 0 amide bonds. The number of hydrogen-bond acceptors (Lipinski definition) is 5. The molecule has 0 atom stereocenters. The molecule has 4 rings (SSSR count). The zero-order valence-corrected chi connectivity index (χ0v) is 19.3. The molecule has 8 heteroatoms. The van der Waals surface area contributed by atoms with Crippen molar-refractivity contribution in [1.82, 2.24) is 4.90 Å². The lowest BCUT2D eigenvalue weighted by Gasteiger charge is -2.34. The van der Waals surface area contributed by atoms with E-state index in [1.54, 1.807) is 42.5 Å². The maximum Gasteiger partial charge on any atom is 0.310 e. The van der Waals surface area contributed by atoms with Gasteiger partial charge in [0.25, 0.3) is 0 Å². The molecule has 0 bridgehead atoms. The molecule has 3 aromatic carbocycles. The number of likely N-dealkylation sites (tertiary alicyclic amines) is 1. The third kappa shape index (κ3) is 6.83. The van der Waals surface area contributed by atoms with Crippen LogP contribution in [0.25, 0.3) is 0 Å². The highest BCUT2D eigenvalue weighted by Gasteiger charge is 2.25. The molecular formula is C27H28F2N2O4. The Morgan fingerprint density at radius 1 is 0.914 bits per heavy atom. The van der Waals surface area contributed by atoms with E-state index in [4.69, 9.17) is 9.47 Å². The average Bonchev–Trinajstić information content (AvgIpc) is 2.87. The van der Waals surface area contributed by atoms with Crippen molar-refractivity contribution in [2.45, 2.75) is 31.5 Å². The van der Waals surface area contributed by atoms with Gasteiger partial charge in [-0.1, -0.05) is 36.4 Å². The maximum absolute atomic E-state index is 13.5. The fraction of sp³-hybridized carbons (Fsp3) is 0.333. The molecule has 1 aliphatic heterocycles. The van der Waals surface area contributed by atoms with E-state index in [-0.39, 0.29) is 29.2 Å². The molecule has 35 heavy (non-hydrogen) atoms. The topological polar surface area (TPSA) is 64.8 Å². The fourth-order valence-electron chi connectivity index (χ4n) is 4.29. The number of halogens is 2. The predicted octanol–water partition coefficient (Wildman–Crippen LogP) is 5.91. The smallest absolute Gasteiger partial charge is 0.310 e. The van der Waals surface area contributed by atoms with Crippen LogP contribution in [0.4, 0.5) is 14.5 Å². The van der Waals surface area contributed by atoms with E-state index < -0.39 is 11.0 Å². The Morgan fingerprint density at radius 3 is 2.06 bits per heavy atom. The molecule has 0 spiro atoms. The molecule has 1 heterocycles. The van der Waals surface area contributed by atoms with Crippen molar-refractivity contribution in [3.8, 4) is 5.75 Å². The second-order valence-corrected chi connectivity index (χ2v) is 8.59. The minimum atomic E-state index is -0.439. The third-order valence-electron chi connectivity index (χ3n) is 6.15. The highest BCUT2D eigenvalue weighted by Crippen LogP contribution is 2.31. The van der Waals surface area contributed by atoms with Crippen LogP contribution in [0, 0.1) is 21.7 Å². The Kier molecular flexibility index (Phi) is 8.39. The van der Waals surface area contributed by atoms with E-state index in [0.717, 1.165) is 50.0 Å². The third-order valence-corrected chi connectivity index (χ3v) is 6.15. The van der Waals surface area contributed by atoms with E-state index in [1.807, 2.05) is 0 Å². The first-order valence-corrected chi connectivity index (χ1v) is 11.7. The zero-order valence-electron chi connectivity index (χ0n) is 19.3. The van der Waals surface area contributed by atoms with Crippen molar-refractivity contribution in [1.29, 1.82) is 0 Å². The quantitative estimate of drug-likeness (QED) is 0.204. The Bertz CT molecular complexity index is 1060. The summed E-state index contributed by atoms with van der Waals surface area (Å²) in [7, 11) is 0. The molecule has 3 aromatic rings. The molecule has 1 aliphatic rings. The van der Waals surface area contributed by atoms with Crippen LogP contribution in [-0.4, -0.2) is 42.2 Å². The van der Waals surface area contributed by atoms with Gasteiger partial charge in [0.2, 0.25) is 0 Å². The van der Waals surface area contributed by atoms with Crippen molar-refractivity contribution >= 4 is 5.69 Å². The predicted molar refractivity (Wildman–Crippen MR) is 128 cm³/mol. The fourth-order valence-corrected chi connectivity index (χ4v) is 4.29. The summed E-state index contributed by atoms with van der Waals surface area (Å²) in [4.78, 5) is 13.0. The largest absolute Gasteiger partial charge is 0.487 e. The van der Waals surface area contributed by atoms with E-state index in [2.05, 4.69) is 4.90 Å². The number of nitro benzene ring substituents is 1. The molecule has 0 unspecified atom stereocenters. The molecule has 0 N–H and O–H groups in total. The molecule has 0 saturated carbocycles. The van der Waals surface area contributed by atoms with E-state index in [9.17, 15) is 18.9 Å². The average molecular weight is 483 g/mol. The first kappa shape index (κ1) is 24.8. The van der Waals surface area contributed by atoms with Crippen LogP contribution in [0.2, 0.25) is 0 Å². The Morgan fingerprint density at radius 2 is 1.49 bits per heavy atom. The second kappa shape index (κ2) is 11.9. The monoisotopic (exact) mass is 482 g/mol. The summed E-state index contributed by atoms with van der Waals surface area (Å²) in [6, 6.07) is 18.8.